The predicted octanol–water partition coefficient (Wildman–Crippen LogP) is 0.517. The van der Waals surface area contributed by atoms with Crippen molar-refractivity contribution in [2.24, 2.45) is 5.73 Å². The predicted molar refractivity (Wildman–Crippen MR) is 83.9 cm³/mol. The van der Waals surface area contributed by atoms with E-state index in [9.17, 15) is 9.59 Å². The molecule has 1 aromatic rings. The quantitative estimate of drug-likeness (QED) is 0.713. The molecule has 0 radical (unpaired) electrons. The smallest absolute Gasteiger partial charge is 0.224 e. The molecule has 0 unspecified atom stereocenters. The largest absolute Gasteiger partial charge is 0.353 e. The first-order valence-corrected chi connectivity index (χ1v) is 7.85. The van der Waals surface area contributed by atoms with Crippen molar-refractivity contribution in [2.45, 2.75) is 50.6 Å². The topological polar surface area (TPSA) is 97.1 Å². The average Bonchev–Trinajstić information content (AvgIpc) is 2.50. The summed E-state index contributed by atoms with van der Waals surface area (Å²) in [4.78, 5) is 27.5. The maximum atomic E-state index is 12.0. The molecule has 0 aliphatic heterocycles. The fourth-order valence-corrected chi connectivity index (χ4v) is 2.78. The maximum absolute atomic E-state index is 12.0. The van der Waals surface area contributed by atoms with Crippen molar-refractivity contribution in [3.63, 3.8) is 0 Å². The minimum atomic E-state index is 0.0200. The zero-order chi connectivity index (χ0) is 15.8. The molecule has 0 aromatic carbocycles. The third-order valence-corrected chi connectivity index (χ3v) is 3.92. The summed E-state index contributed by atoms with van der Waals surface area (Å²) in [5, 5.41) is 6.06. The molecule has 1 aliphatic carbocycles. The zero-order valence-electron chi connectivity index (χ0n) is 12.8. The fourth-order valence-electron chi connectivity index (χ4n) is 2.78. The standard InChI is InChI=1S/C16H24N4O2/c17-8-7-15(21)19-13-3-5-14(6-4-13)20-16(22)10-12-2-1-9-18-11-12/h1-2,9,11,13-14H,3-8,10,17H2,(H,19,21)(H,20,22). The summed E-state index contributed by atoms with van der Waals surface area (Å²) in [7, 11) is 0. The summed E-state index contributed by atoms with van der Waals surface area (Å²) in [6, 6.07) is 4.14. The second-order valence-corrected chi connectivity index (χ2v) is 5.76. The molecule has 0 saturated heterocycles. The van der Waals surface area contributed by atoms with Crippen LogP contribution in [-0.4, -0.2) is 35.4 Å². The molecule has 6 heteroatoms. The van der Waals surface area contributed by atoms with Crippen molar-refractivity contribution in [2.75, 3.05) is 6.54 Å². The molecular weight excluding hydrogens is 280 g/mol. The van der Waals surface area contributed by atoms with Gasteiger partial charge in [-0.1, -0.05) is 6.07 Å². The Morgan fingerprint density at radius 2 is 1.77 bits per heavy atom. The molecule has 6 nitrogen and oxygen atoms in total. The number of nitrogens with one attached hydrogen (secondary N) is 2. The van der Waals surface area contributed by atoms with Crippen molar-refractivity contribution in [1.29, 1.82) is 0 Å². The van der Waals surface area contributed by atoms with Gasteiger partial charge in [0.25, 0.3) is 0 Å². The summed E-state index contributed by atoms with van der Waals surface area (Å²) < 4.78 is 0. The van der Waals surface area contributed by atoms with Crippen LogP contribution in [0.15, 0.2) is 24.5 Å². The van der Waals surface area contributed by atoms with Crippen molar-refractivity contribution in [3.8, 4) is 0 Å². The molecule has 1 aliphatic rings. The van der Waals surface area contributed by atoms with Gasteiger partial charge in [-0.2, -0.15) is 0 Å². The summed E-state index contributed by atoms with van der Waals surface area (Å²) in [6.07, 6.45) is 7.73. The number of carbonyl (C=O) groups is 2. The van der Waals surface area contributed by atoms with Gasteiger partial charge in [0.15, 0.2) is 0 Å². The molecule has 4 N–H and O–H groups in total. The highest BCUT2D eigenvalue weighted by Gasteiger charge is 2.23. The molecule has 1 aromatic heterocycles. The number of carbonyl (C=O) groups excluding carboxylic acids is 2. The van der Waals surface area contributed by atoms with Gasteiger partial charge in [0.2, 0.25) is 11.8 Å². The molecule has 22 heavy (non-hydrogen) atoms. The second-order valence-electron chi connectivity index (χ2n) is 5.76. The van der Waals surface area contributed by atoms with Gasteiger partial charge in [0.05, 0.1) is 6.42 Å². The van der Waals surface area contributed by atoms with Crippen molar-refractivity contribution in [3.05, 3.63) is 30.1 Å². The van der Waals surface area contributed by atoms with E-state index in [1.54, 1.807) is 12.4 Å². The lowest BCUT2D eigenvalue weighted by Crippen LogP contribution is -2.44. The van der Waals surface area contributed by atoms with Crippen LogP contribution in [-0.2, 0) is 16.0 Å². The third-order valence-electron chi connectivity index (χ3n) is 3.92. The van der Waals surface area contributed by atoms with Crippen molar-refractivity contribution < 1.29 is 9.59 Å². The van der Waals surface area contributed by atoms with Crippen LogP contribution < -0.4 is 16.4 Å². The molecular formula is C16H24N4O2. The van der Waals surface area contributed by atoms with Gasteiger partial charge in [-0.3, -0.25) is 14.6 Å². The van der Waals surface area contributed by atoms with E-state index in [-0.39, 0.29) is 23.9 Å². The van der Waals surface area contributed by atoms with E-state index in [0.717, 1.165) is 31.2 Å². The van der Waals surface area contributed by atoms with Gasteiger partial charge in [0.1, 0.15) is 0 Å². The summed E-state index contributed by atoms with van der Waals surface area (Å²) in [6.45, 7) is 0.381. The molecule has 0 atom stereocenters. The van der Waals surface area contributed by atoms with E-state index in [4.69, 9.17) is 5.73 Å². The summed E-state index contributed by atoms with van der Waals surface area (Å²) in [5.74, 6) is 0.0511. The first-order chi connectivity index (χ1) is 10.7. The Labute approximate surface area is 130 Å². The lowest BCUT2D eigenvalue weighted by molar-refractivity contribution is -0.123. The Bertz CT molecular complexity index is 484. The van der Waals surface area contributed by atoms with E-state index < -0.39 is 0 Å². The van der Waals surface area contributed by atoms with E-state index in [2.05, 4.69) is 15.6 Å². The van der Waals surface area contributed by atoms with Crippen molar-refractivity contribution in [1.82, 2.24) is 15.6 Å². The number of aromatic nitrogens is 1. The number of nitrogens with zero attached hydrogens (tertiary/aromatic N) is 1. The first kappa shape index (κ1) is 16.4. The van der Waals surface area contributed by atoms with E-state index in [1.807, 2.05) is 12.1 Å². The molecule has 0 bridgehead atoms. The van der Waals surface area contributed by atoms with Crippen LogP contribution in [0.1, 0.15) is 37.7 Å². The Morgan fingerprint density at radius 3 is 2.32 bits per heavy atom. The van der Waals surface area contributed by atoms with Crippen LogP contribution in [0.25, 0.3) is 0 Å². The van der Waals surface area contributed by atoms with Crippen LogP contribution in [0.2, 0.25) is 0 Å². The lowest BCUT2D eigenvalue weighted by Gasteiger charge is -2.29. The Hall–Kier alpha value is -1.95. The molecule has 2 amide bonds. The summed E-state index contributed by atoms with van der Waals surface area (Å²) in [5.41, 5.74) is 6.28. The number of rotatable bonds is 6. The van der Waals surface area contributed by atoms with Gasteiger partial charge >= 0.3 is 0 Å². The maximum Gasteiger partial charge on any atom is 0.224 e. The average molecular weight is 304 g/mol. The van der Waals surface area contributed by atoms with Crippen LogP contribution >= 0.6 is 0 Å². The number of pyridine rings is 1. The summed E-state index contributed by atoms with van der Waals surface area (Å²) >= 11 is 0. The minimum absolute atomic E-state index is 0.0200. The lowest BCUT2D eigenvalue weighted by atomic mass is 9.91. The molecule has 2 rings (SSSR count). The second kappa shape index (κ2) is 8.48. The van der Waals surface area contributed by atoms with Crippen molar-refractivity contribution >= 4 is 11.8 Å². The Kier molecular flexibility index (Phi) is 6.33. The van der Waals surface area contributed by atoms with Gasteiger partial charge in [0, 0.05) is 37.4 Å². The van der Waals surface area contributed by atoms with Crippen LogP contribution in [0.5, 0.6) is 0 Å². The van der Waals surface area contributed by atoms with Gasteiger partial charge < -0.3 is 16.4 Å². The highest BCUT2D eigenvalue weighted by Crippen LogP contribution is 2.19. The number of nitrogens with two attached hydrogens (primary N) is 1. The highest BCUT2D eigenvalue weighted by atomic mass is 16.2. The van der Waals surface area contributed by atoms with E-state index >= 15 is 0 Å². The minimum Gasteiger partial charge on any atom is -0.353 e. The molecule has 1 heterocycles. The van der Waals surface area contributed by atoms with Crippen LogP contribution in [0.3, 0.4) is 0 Å². The SMILES string of the molecule is NCCC(=O)NC1CCC(NC(=O)Cc2cccnc2)CC1. The van der Waals surface area contributed by atoms with E-state index in [0.29, 0.717) is 19.4 Å². The molecule has 120 valence electrons. The Morgan fingerprint density at radius 1 is 1.14 bits per heavy atom. The van der Waals surface area contributed by atoms with Gasteiger partial charge in [-0.05, 0) is 37.3 Å². The Balaban J connectivity index is 1.68. The first-order valence-electron chi connectivity index (χ1n) is 7.85. The molecule has 1 saturated carbocycles. The number of hydrogen-bond acceptors (Lipinski definition) is 4. The monoisotopic (exact) mass is 304 g/mol. The normalized spacial score (nSPS) is 21.1. The van der Waals surface area contributed by atoms with Gasteiger partial charge in [-0.25, -0.2) is 0 Å². The fraction of sp³-hybridized carbons (Fsp3) is 0.562. The third kappa shape index (κ3) is 5.44. The van der Waals surface area contributed by atoms with Gasteiger partial charge in [-0.15, -0.1) is 0 Å². The molecule has 0 spiro atoms. The highest BCUT2D eigenvalue weighted by molar-refractivity contribution is 5.78. The number of amides is 2. The van der Waals surface area contributed by atoms with Crippen LogP contribution in [0, 0.1) is 0 Å². The van der Waals surface area contributed by atoms with Crippen LogP contribution in [0.4, 0.5) is 0 Å². The zero-order valence-corrected chi connectivity index (χ0v) is 12.8. The van der Waals surface area contributed by atoms with E-state index in [1.165, 1.54) is 0 Å². The molecule has 1 fully saturated rings. The number of hydrogen-bond donors (Lipinski definition) is 3.